The van der Waals surface area contributed by atoms with E-state index in [0.29, 0.717) is 15.6 Å². The maximum Gasteiger partial charge on any atom is 0.343 e. The zero-order chi connectivity index (χ0) is 14.5. The number of rotatable bonds is 5. The number of carbonyl (C=O) groups excluding carboxylic acids is 1. The number of hydrogen-bond acceptors (Lipinski definition) is 7. The number of aromatic nitrogens is 2. The van der Waals surface area contributed by atoms with E-state index in [2.05, 4.69) is 25.9 Å². The standard InChI is InChI=1S/C12H12BrN3O3S/c1-2-18-11(17)8-5-15-12(16-10(8)14)20-6-7-3-4-9(13)19-7/h3-5H,2,6H2,1H3,(H2,14,15,16). The van der Waals surface area contributed by atoms with Gasteiger partial charge in [0.25, 0.3) is 0 Å². The summed E-state index contributed by atoms with van der Waals surface area (Å²) < 4.78 is 10.9. The number of ether oxygens (including phenoxy) is 1. The molecule has 0 radical (unpaired) electrons. The molecule has 2 aromatic heterocycles. The maximum absolute atomic E-state index is 11.5. The zero-order valence-electron chi connectivity index (χ0n) is 10.6. The lowest BCUT2D eigenvalue weighted by Gasteiger charge is -2.05. The van der Waals surface area contributed by atoms with Gasteiger partial charge >= 0.3 is 5.97 Å². The van der Waals surface area contributed by atoms with Gasteiger partial charge in [-0.15, -0.1) is 0 Å². The van der Waals surface area contributed by atoms with E-state index in [-0.39, 0.29) is 18.0 Å². The molecule has 0 aliphatic heterocycles. The third-order valence-corrected chi connectivity index (χ3v) is 3.57. The average Bonchev–Trinajstić information content (AvgIpc) is 2.82. The molecule has 2 N–H and O–H groups in total. The summed E-state index contributed by atoms with van der Waals surface area (Å²) in [6.45, 7) is 2.00. The highest BCUT2D eigenvalue weighted by molar-refractivity contribution is 9.10. The molecular weight excluding hydrogens is 346 g/mol. The molecule has 20 heavy (non-hydrogen) atoms. The number of carbonyl (C=O) groups is 1. The summed E-state index contributed by atoms with van der Waals surface area (Å²) in [7, 11) is 0. The first kappa shape index (κ1) is 14.9. The number of halogens is 1. The van der Waals surface area contributed by atoms with E-state index in [1.54, 1.807) is 6.92 Å². The minimum Gasteiger partial charge on any atom is -0.462 e. The van der Waals surface area contributed by atoms with Crippen LogP contribution in [0, 0.1) is 0 Å². The summed E-state index contributed by atoms with van der Waals surface area (Å²) in [6.07, 6.45) is 1.38. The number of thioether (sulfide) groups is 1. The molecule has 2 rings (SSSR count). The fourth-order valence-electron chi connectivity index (χ4n) is 1.38. The molecular formula is C12H12BrN3O3S. The summed E-state index contributed by atoms with van der Waals surface area (Å²) in [4.78, 5) is 19.7. The van der Waals surface area contributed by atoms with Crippen molar-refractivity contribution < 1.29 is 13.9 Å². The number of furan rings is 1. The van der Waals surface area contributed by atoms with Crippen molar-refractivity contribution in [1.29, 1.82) is 0 Å². The second-order valence-corrected chi connectivity index (χ2v) is 5.39. The Morgan fingerprint density at radius 1 is 1.55 bits per heavy atom. The molecule has 0 atom stereocenters. The van der Waals surface area contributed by atoms with Gasteiger partial charge in [-0.05, 0) is 35.0 Å². The molecule has 0 fully saturated rings. The van der Waals surface area contributed by atoms with Crippen LogP contribution in [-0.4, -0.2) is 22.5 Å². The van der Waals surface area contributed by atoms with Crippen LogP contribution in [0.15, 0.2) is 32.6 Å². The highest BCUT2D eigenvalue weighted by atomic mass is 79.9. The van der Waals surface area contributed by atoms with Crippen molar-refractivity contribution in [3.05, 3.63) is 34.3 Å². The van der Waals surface area contributed by atoms with Crippen molar-refractivity contribution in [1.82, 2.24) is 9.97 Å². The quantitative estimate of drug-likeness (QED) is 0.499. The van der Waals surface area contributed by atoms with E-state index in [1.165, 1.54) is 18.0 Å². The molecule has 0 aromatic carbocycles. The Kier molecular flexibility index (Phi) is 5.02. The minimum atomic E-state index is -0.517. The summed E-state index contributed by atoms with van der Waals surface area (Å²) in [5.41, 5.74) is 5.91. The predicted octanol–water partition coefficient (Wildman–Crippen LogP) is 2.88. The van der Waals surface area contributed by atoms with Crippen LogP contribution in [0.3, 0.4) is 0 Å². The van der Waals surface area contributed by atoms with Crippen LogP contribution in [0.2, 0.25) is 0 Å². The summed E-state index contributed by atoms with van der Waals surface area (Å²) in [5.74, 6) is 0.959. The Hall–Kier alpha value is -1.54. The number of esters is 1. The third kappa shape index (κ3) is 3.73. The topological polar surface area (TPSA) is 91.2 Å². The smallest absolute Gasteiger partial charge is 0.343 e. The molecule has 0 bridgehead atoms. The lowest BCUT2D eigenvalue weighted by atomic mass is 10.3. The molecule has 0 aliphatic carbocycles. The van der Waals surface area contributed by atoms with E-state index >= 15 is 0 Å². The van der Waals surface area contributed by atoms with E-state index < -0.39 is 5.97 Å². The Morgan fingerprint density at radius 2 is 2.35 bits per heavy atom. The monoisotopic (exact) mass is 357 g/mol. The number of nitrogen functional groups attached to an aromatic ring is 1. The average molecular weight is 358 g/mol. The van der Waals surface area contributed by atoms with Crippen LogP contribution in [0.1, 0.15) is 23.0 Å². The van der Waals surface area contributed by atoms with E-state index in [1.807, 2.05) is 12.1 Å². The molecule has 106 valence electrons. The molecule has 2 heterocycles. The summed E-state index contributed by atoms with van der Waals surface area (Å²) >= 11 is 4.60. The fraction of sp³-hybridized carbons (Fsp3) is 0.250. The SMILES string of the molecule is CCOC(=O)c1cnc(SCc2ccc(Br)o2)nc1N. The highest BCUT2D eigenvalue weighted by Crippen LogP contribution is 2.23. The second kappa shape index (κ2) is 6.76. The van der Waals surface area contributed by atoms with Gasteiger partial charge in [-0.1, -0.05) is 11.8 Å². The van der Waals surface area contributed by atoms with Gasteiger partial charge in [0.05, 0.1) is 12.4 Å². The van der Waals surface area contributed by atoms with Gasteiger partial charge in [0.2, 0.25) is 0 Å². The predicted molar refractivity (Wildman–Crippen MR) is 78.4 cm³/mol. The fourth-order valence-corrected chi connectivity index (χ4v) is 2.44. The first-order valence-electron chi connectivity index (χ1n) is 5.76. The van der Waals surface area contributed by atoms with Crippen molar-refractivity contribution in [3.63, 3.8) is 0 Å². The lowest BCUT2D eigenvalue weighted by molar-refractivity contribution is 0.0526. The lowest BCUT2D eigenvalue weighted by Crippen LogP contribution is -2.10. The van der Waals surface area contributed by atoms with Gasteiger partial charge in [-0.25, -0.2) is 14.8 Å². The first-order chi connectivity index (χ1) is 9.60. The third-order valence-electron chi connectivity index (χ3n) is 2.26. The number of nitrogens with zero attached hydrogens (tertiary/aromatic N) is 2. The van der Waals surface area contributed by atoms with Crippen LogP contribution in [0.4, 0.5) is 5.82 Å². The van der Waals surface area contributed by atoms with E-state index in [9.17, 15) is 4.79 Å². The van der Waals surface area contributed by atoms with Crippen LogP contribution >= 0.6 is 27.7 Å². The van der Waals surface area contributed by atoms with Gasteiger partial charge in [0.1, 0.15) is 17.1 Å². The molecule has 6 nitrogen and oxygen atoms in total. The number of nitrogens with two attached hydrogens (primary N) is 1. The molecule has 8 heteroatoms. The van der Waals surface area contributed by atoms with Gasteiger partial charge in [0.15, 0.2) is 9.83 Å². The molecule has 0 spiro atoms. The molecule has 0 saturated carbocycles. The van der Waals surface area contributed by atoms with E-state index in [0.717, 1.165) is 5.76 Å². The van der Waals surface area contributed by atoms with Crippen LogP contribution in [-0.2, 0) is 10.5 Å². The Bertz CT molecular complexity index is 618. The summed E-state index contributed by atoms with van der Waals surface area (Å²) in [5, 5.41) is 0.475. The van der Waals surface area contributed by atoms with Crippen LogP contribution in [0.25, 0.3) is 0 Å². The largest absolute Gasteiger partial charge is 0.462 e. The molecule has 0 amide bonds. The molecule has 0 aliphatic rings. The Morgan fingerprint density at radius 3 is 2.95 bits per heavy atom. The van der Waals surface area contributed by atoms with Gasteiger partial charge in [-0.3, -0.25) is 0 Å². The highest BCUT2D eigenvalue weighted by Gasteiger charge is 2.14. The molecule has 2 aromatic rings. The van der Waals surface area contributed by atoms with Crippen molar-refractivity contribution in [3.8, 4) is 0 Å². The van der Waals surface area contributed by atoms with Crippen molar-refractivity contribution in [2.75, 3.05) is 12.3 Å². The van der Waals surface area contributed by atoms with Gasteiger partial charge in [-0.2, -0.15) is 0 Å². The maximum atomic E-state index is 11.5. The minimum absolute atomic E-state index is 0.113. The molecule has 0 saturated heterocycles. The van der Waals surface area contributed by atoms with Gasteiger partial charge in [0, 0.05) is 6.20 Å². The summed E-state index contributed by atoms with van der Waals surface area (Å²) in [6, 6.07) is 3.67. The Balaban J connectivity index is 2.03. The normalized spacial score (nSPS) is 10.5. The van der Waals surface area contributed by atoms with Crippen LogP contribution in [0.5, 0.6) is 0 Å². The van der Waals surface area contributed by atoms with Crippen LogP contribution < -0.4 is 5.73 Å². The number of hydrogen-bond donors (Lipinski definition) is 1. The van der Waals surface area contributed by atoms with Crippen molar-refractivity contribution >= 4 is 39.5 Å². The zero-order valence-corrected chi connectivity index (χ0v) is 13.0. The number of anilines is 1. The first-order valence-corrected chi connectivity index (χ1v) is 7.54. The van der Waals surface area contributed by atoms with Crippen molar-refractivity contribution in [2.45, 2.75) is 17.8 Å². The van der Waals surface area contributed by atoms with Crippen molar-refractivity contribution in [2.24, 2.45) is 0 Å². The molecule has 0 unspecified atom stereocenters. The van der Waals surface area contributed by atoms with Gasteiger partial charge < -0.3 is 14.9 Å². The Labute approximate surface area is 128 Å². The second-order valence-electron chi connectivity index (χ2n) is 3.67. The van der Waals surface area contributed by atoms with E-state index in [4.69, 9.17) is 14.9 Å².